The van der Waals surface area contributed by atoms with Gasteiger partial charge in [0.05, 0.1) is 17.9 Å². The van der Waals surface area contributed by atoms with Crippen LogP contribution >= 0.6 is 11.6 Å². The van der Waals surface area contributed by atoms with Crippen molar-refractivity contribution in [1.29, 1.82) is 0 Å². The Hall–Kier alpha value is -1.82. The summed E-state index contributed by atoms with van der Waals surface area (Å²) < 4.78 is 1.82. The molecular formula is C10H13ClN6. The van der Waals surface area contributed by atoms with Gasteiger partial charge in [0.25, 0.3) is 0 Å². The van der Waals surface area contributed by atoms with E-state index < -0.39 is 0 Å². The topological polar surface area (TPSA) is 81.7 Å². The number of rotatable bonds is 4. The number of nitrogen functional groups attached to an aromatic ring is 1. The van der Waals surface area contributed by atoms with Crippen LogP contribution in [0.2, 0.25) is 5.28 Å². The Bertz CT molecular complexity index is 496. The van der Waals surface area contributed by atoms with Crippen LogP contribution in [0.4, 0.5) is 11.5 Å². The number of nitrogens with one attached hydrogen (secondary N) is 1. The highest BCUT2D eigenvalue weighted by Crippen LogP contribution is 2.20. The van der Waals surface area contributed by atoms with Crippen LogP contribution in [0.25, 0.3) is 0 Å². The van der Waals surface area contributed by atoms with E-state index in [2.05, 4.69) is 20.4 Å². The average molecular weight is 253 g/mol. The molecule has 2 heterocycles. The fourth-order valence-corrected chi connectivity index (χ4v) is 1.62. The van der Waals surface area contributed by atoms with E-state index in [1.807, 2.05) is 16.9 Å². The SMILES string of the molecule is Cc1nc(Cl)nc(NCCn2cccn2)c1N. The molecule has 2 aromatic heterocycles. The Morgan fingerprint density at radius 3 is 3.00 bits per heavy atom. The Kier molecular flexibility index (Phi) is 3.43. The summed E-state index contributed by atoms with van der Waals surface area (Å²) in [4.78, 5) is 8.00. The van der Waals surface area contributed by atoms with Gasteiger partial charge in [-0.15, -0.1) is 0 Å². The molecule has 0 aliphatic carbocycles. The number of aromatic nitrogens is 4. The van der Waals surface area contributed by atoms with Crippen LogP contribution in [-0.2, 0) is 6.54 Å². The van der Waals surface area contributed by atoms with Crippen LogP contribution < -0.4 is 11.1 Å². The Morgan fingerprint density at radius 2 is 2.29 bits per heavy atom. The lowest BCUT2D eigenvalue weighted by atomic mass is 10.3. The number of halogens is 1. The monoisotopic (exact) mass is 252 g/mol. The van der Waals surface area contributed by atoms with Crippen molar-refractivity contribution in [1.82, 2.24) is 19.7 Å². The highest BCUT2D eigenvalue weighted by molar-refractivity contribution is 6.28. The van der Waals surface area contributed by atoms with Gasteiger partial charge >= 0.3 is 0 Å². The first-order valence-electron chi connectivity index (χ1n) is 5.17. The summed E-state index contributed by atoms with van der Waals surface area (Å²) >= 11 is 5.77. The van der Waals surface area contributed by atoms with Crippen LogP contribution in [0.1, 0.15) is 5.69 Å². The Labute approximate surface area is 104 Å². The molecule has 6 nitrogen and oxygen atoms in total. The molecule has 0 saturated heterocycles. The van der Waals surface area contributed by atoms with Gasteiger partial charge in [-0.3, -0.25) is 4.68 Å². The molecule has 0 aromatic carbocycles. The standard InChI is InChI=1S/C10H13ClN6/c1-7-8(12)9(16-10(11)15-7)13-4-6-17-5-2-3-14-17/h2-3,5H,4,6,12H2,1H3,(H,13,15,16). The second kappa shape index (κ2) is 5.01. The molecule has 3 N–H and O–H groups in total. The summed E-state index contributed by atoms with van der Waals surface area (Å²) in [6.45, 7) is 3.19. The number of anilines is 2. The van der Waals surface area contributed by atoms with Crippen LogP contribution in [0, 0.1) is 6.92 Å². The van der Waals surface area contributed by atoms with Crippen molar-refractivity contribution in [2.75, 3.05) is 17.6 Å². The van der Waals surface area contributed by atoms with Crippen molar-refractivity contribution in [3.8, 4) is 0 Å². The van der Waals surface area contributed by atoms with Crippen molar-refractivity contribution in [3.05, 3.63) is 29.4 Å². The molecule has 0 radical (unpaired) electrons. The minimum atomic E-state index is 0.193. The van der Waals surface area contributed by atoms with E-state index in [1.165, 1.54) is 0 Å². The van der Waals surface area contributed by atoms with Gasteiger partial charge < -0.3 is 11.1 Å². The number of hydrogen-bond donors (Lipinski definition) is 2. The van der Waals surface area contributed by atoms with Gasteiger partial charge in [0, 0.05) is 18.9 Å². The second-order valence-corrected chi connectivity index (χ2v) is 3.87. The first-order chi connectivity index (χ1) is 8.16. The highest BCUT2D eigenvalue weighted by atomic mass is 35.5. The number of nitrogens with zero attached hydrogens (tertiary/aromatic N) is 4. The molecule has 2 aromatic rings. The van der Waals surface area contributed by atoms with Crippen molar-refractivity contribution in [2.24, 2.45) is 0 Å². The molecule has 0 unspecified atom stereocenters. The number of hydrogen-bond acceptors (Lipinski definition) is 5. The zero-order valence-electron chi connectivity index (χ0n) is 9.39. The third-order valence-corrected chi connectivity index (χ3v) is 2.47. The molecule has 0 spiro atoms. The van der Waals surface area contributed by atoms with Crippen LogP contribution in [0.5, 0.6) is 0 Å². The van der Waals surface area contributed by atoms with E-state index in [0.717, 1.165) is 6.54 Å². The quantitative estimate of drug-likeness (QED) is 0.803. The summed E-state index contributed by atoms with van der Waals surface area (Å²) in [7, 11) is 0. The summed E-state index contributed by atoms with van der Waals surface area (Å²) in [6.07, 6.45) is 3.63. The maximum absolute atomic E-state index is 5.84. The van der Waals surface area contributed by atoms with Crippen LogP contribution in [-0.4, -0.2) is 26.3 Å². The molecule has 0 saturated carbocycles. The molecule has 17 heavy (non-hydrogen) atoms. The summed E-state index contributed by atoms with van der Waals surface area (Å²) in [5.41, 5.74) is 7.04. The molecule has 0 fully saturated rings. The van der Waals surface area contributed by atoms with E-state index in [4.69, 9.17) is 17.3 Å². The smallest absolute Gasteiger partial charge is 0.224 e. The minimum Gasteiger partial charge on any atom is -0.394 e. The Balaban J connectivity index is 1.99. The van der Waals surface area contributed by atoms with Gasteiger partial charge in [-0.05, 0) is 24.6 Å². The maximum atomic E-state index is 5.84. The molecule has 0 amide bonds. The van der Waals surface area contributed by atoms with Crippen molar-refractivity contribution >= 4 is 23.1 Å². The normalized spacial score (nSPS) is 10.5. The third kappa shape index (κ3) is 2.85. The average Bonchev–Trinajstić information content (AvgIpc) is 2.78. The van der Waals surface area contributed by atoms with Gasteiger partial charge in [-0.2, -0.15) is 10.1 Å². The fourth-order valence-electron chi connectivity index (χ4n) is 1.40. The lowest BCUT2D eigenvalue weighted by molar-refractivity contribution is 0.637. The largest absolute Gasteiger partial charge is 0.394 e. The van der Waals surface area contributed by atoms with Gasteiger partial charge in [0.2, 0.25) is 5.28 Å². The lowest BCUT2D eigenvalue weighted by Crippen LogP contribution is -2.14. The first-order valence-corrected chi connectivity index (χ1v) is 5.55. The molecule has 0 bridgehead atoms. The summed E-state index contributed by atoms with van der Waals surface area (Å²) in [5.74, 6) is 0.564. The molecule has 2 rings (SSSR count). The summed E-state index contributed by atoms with van der Waals surface area (Å²) in [5, 5.41) is 7.40. The predicted octanol–water partition coefficient (Wildman–Crippen LogP) is 1.33. The van der Waals surface area contributed by atoms with E-state index in [9.17, 15) is 0 Å². The highest BCUT2D eigenvalue weighted by Gasteiger charge is 2.06. The van der Waals surface area contributed by atoms with E-state index >= 15 is 0 Å². The lowest BCUT2D eigenvalue weighted by Gasteiger charge is -2.10. The second-order valence-electron chi connectivity index (χ2n) is 3.54. The van der Waals surface area contributed by atoms with Crippen molar-refractivity contribution in [2.45, 2.75) is 13.5 Å². The molecule has 90 valence electrons. The van der Waals surface area contributed by atoms with Crippen molar-refractivity contribution in [3.63, 3.8) is 0 Å². The van der Waals surface area contributed by atoms with E-state index in [-0.39, 0.29) is 5.28 Å². The zero-order valence-corrected chi connectivity index (χ0v) is 10.1. The minimum absolute atomic E-state index is 0.193. The molecule has 7 heteroatoms. The van der Waals surface area contributed by atoms with Crippen LogP contribution in [0.3, 0.4) is 0 Å². The molecule has 0 aliphatic rings. The summed E-state index contributed by atoms with van der Waals surface area (Å²) in [6, 6.07) is 1.88. The Morgan fingerprint density at radius 1 is 1.47 bits per heavy atom. The fraction of sp³-hybridized carbons (Fsp3) is 0.300. The first kappa shape index (κ1) is 11.7. The third-order valence-electron chi connectivity index (χ3n) is 2.30. The molecular weight excluding hydrogens is 240 g/mol. The van der Waals surface area contributed by atoms with Gasteiger partial charge in [0.1, 0.15) is 0 Å². The molecule has 0 aliphatic heterocycles. The van der Waals surface area contributed by atoms with E-state index in [0.29, 0.717) is 23.7 Å². The van der Waals surface area contributed by atoms with Crippen molar-refractivity contribution < 1.29 is 0 Å². The van der Waals surface area contributed by atoms with E-state index in [1.54, 1.807) is 13.1 Å². The van der Waals surface area contributed by atoms with Gasteiger partial charge in [-0.1, -0.05) is 0 Å². The van der Waals surface area contributed by atoms with Gasteiger partial charge in [-0.25, -0.2) is 4.98 Å². The van der Waals surface area contributed by atoms with Gasteiger partial charge in [0.15, 0.2) is 5.82 Å². The molecule has 0 atom stereocenters. The predicted molar refractivity (Wildman–Crippen MR) is 66.9 cm³/mol. The van der Waals surface area contributed by atoms with Crippen LogP contribution in [0.15, 0.2) is 18.5 Å². The maximum Gasteiger partial charge on any atom is 0.224 e. The number of aryl methyl sites for hydroxylation is 1. The number of nitrogens with two attached hydrogens (primary N) is 1. The zero-order chi connectivity index (χ0) is 12.3.